The van der Waals surface area contributed by atoms with E-state index in [9.17, 15) is 9.90 Å². The van der Waals surface area contributed by atoms with Crippen molar-refractivity contribution in [2.45, 2.75) is 19.4 Å². The van der Waals surface area contributed by atoms with Gasteiger partial charge in [-0.25, -0.2) is 4.79 Å². The van der Waals surface area contributed by atoms with Gasteiger partial charge in [-0.05, 0) is 43.1 Å². The van der Waals surface area contributed by atoms with Crippen LogP contribution in [0.2, 0.25) is 0 Å². The third-order valence-electron chi connectivity index (χ3n) is 6.52. The number of hydrogen-bond acceptors (Lipinski definition) is 5. The van der Waals surface area contributed by atoms with Crippen LogP contribution in [0.15, 0.2) is 48.7 Å². The molecule has 0 bridgehead atoms. The Morgan fingerprint density at radius 1 is 1.06 bits per heavy atom. The van der Waals surface area contributed by atoms with Crippen LogP contribution in [0.1, 0.15) is 27.9 Å². The van der Waals surface area contributed by atoms with Crippen LogP contribution in [0.4, 0.5) is 11.4 Å². The van der Waals surface area contributed by atoms with Crippen LogP contribution in [0.5, 0.6) is 0 Å². The van der Waals surface area contributed by atoms with Gasteiger partial charge < -0.3 is 19.8 Å². The average Bonchev–Trinajstić information content (AvgIpc) is 2.78. The van der Waals surface area contributed by atoms with Crippen molar-refractivity contribution in [1.29, 1.82) is 0 Å². The summed E-state index contributed by atoms with van der Waals surface area (Å²) in [6.07, 6.45) is 3.68. The average molecular weight is 417 g/mol. The molecule has 0 atom stereocenters. The van der Waals surface area contributed by atoms with E-state index in [4.69, 9.17) is 0 Å². The molecule has 5 rings (SSSR count). The number of aryl methyl sites for hydroxylation is 1. The SMILES string of the molecule is CN1CCN(c2c(C(=O)O)cnc3cc4c(cc23)N(Cc2ccccc2)CCC4)CC1. The number of carboxylic acid groups (broad SMARTS) is 1. The molecule has 0 amide bonds. The number of carbonyl (C=O) groups is 1. The number of piperazine rings is 1. The number of pyridine rings is 1. The van der Waals surface area contributed by atoms with Gasteiger partial charge in [0.1, 0.15) is 5.56 Å². The largest absolute Gasteiger partial charge is 0.478 e. The predicted octanol–water partition coefficient (Wildman–Crippen LogP) is 3.64. The van der Waals surface area contributed by atoms with E-state index in [1.54, 1.807) is 0 Å². The molecule has 6 heteroatoms. The number of likely N-dealkylation sites (N-methyl/N-ethyl adjacent to an activating group) is 1. The molecule has 160 valence electrons. The van der Waals surface area contributed by atoms with Crippen molar-refractivity contribution in [2.75, 3.05) is 49.6 Å². The molecular formula is C25H28N4O2. The molecule has 3 heterocycles. The Kier molecular flexibility index (Phi) is 5.24. The summed E-state index contributed by atoms with van der Waals surface area (Å²) in [6.45, 7) is 5.35. The van der Waals surface area contributed by atoms with Gasteiger partial charge in [0.25, 0.3) is 0 Å². The first-order chi connectivity index (χ1) is 15.1. The number of rotatable bonds is 4. The van der Waals surface area contributed by atoms with Gasteiger partial charge in [-0.3, -0.25) is 4.98 Å². The van der Waals surface area contributed by atoms with Crippen LogP contribution >= 0.6 is 0 Å². The first kappa shape index (κ1) is 19.8. The summed E-state index contributed by atoms with van der Waals surface area (Å²) in [5.74, 6) is -0.915. The van der Waals surface area contributed by atoms with Crippen LogP contribution < -0.4 is 9.80 Å². The Balaban J connectivity index is 1.62. The lowest BCUT2D eigenvalue weighted by Crippen LogP contribution is -2.45. The highest BCUT2D eigenvalue weighted by molar-refractivity contribution is 6.05. The maximum atomic E-state index is 12.1. The Bertz CT molecular complexity index is 1110. The molecule has 0 radical (unpaired) electrons. The lowest BCUT2D eigenvalue weighted by Gasteiger charge is -2.36. The molecule has 2 aliphatic heterocycles. The van der Waals surface area contributed by atoms with Gasteiger partial charge in [-0.2, -0.15) is 0 Å². The summed E-state index contributed by atoms with van der Waals surface area (Å²) in [7, 11) is 2.11. The fourth-order valence-electron chi connectivity index (χ4n) is 4.83. The zero-order valence-electron chi connectivity index (χ0n) is 17.9. The maximum absolute atomic E-state index is 12.1. The second kappa shape index (κ2) is 8.19. The number of nitrogens with zero attached hydrogens (tertiary/aromatic N) is 4. The molecule has 1 N–H and O–H groups in total. The lowest BCUT2D eigenvalue weighted by atomic mass is 9.97. The van der Waals surface area contributed by atoms with Gasteiger partial charge in [0.05, 0.1) is 11.2 Å². The van der Waals surface area contributed by atoms with Crippen LogP contribution in [-0.4, -0.2) is 60.7 Å². The zero-order valence-corrected chi connectivity index (χ0v) is 17.9. The Morgan fingerprint density at radius 3 is 2.58 bits per heavy atom. The standard InChI is InChI=1S/C25H28N4O2/c1-27-10-12-28(13-11-27)24-20-15-23-19(14-22(20)26-16-21(24)25(30)31)8-5-9-29(23)17-18-6-3-2-4-7-18/h2-4,6-7,14-16H,5,8-13,17H2,1H3,(H,30,31). The van der Waals surface area contributed by atoms with E-state index >= 15 is 0 Å². The van der Waals surface area contributed by atoms with E-state index in [1.807, 2.05) is 6.07 Å². The molecule has 0 spiro atoms. The van der Waals surface area contributed by atoms with Crippen LogP contribution in [0.25, 0.3) is 10.9 Å². The predicted molar refractivity (Wildman–Crippen MR) is 124 cm³/mol. The molecule has 1 aromatic heterocycles. The van der Waals surface area contributed by atoms with Crippen molar-refractivity contribution in [1.82, 2.24) is 9.88 Å². The number of fused-ring (bicyclic) bond motifs is 2. The number of hydrogen-bond donors (Lipinski definition) is 1. The monoisotopic (exact) mass is 416 g/mol. The summed E-state index contributed by atoms with van der Waals surface area (Å²) in [5, 5.41) is 10.9. The van der Waals surface area contributed by atoms with E-state index in [0.29, 0.717) is 5.56 Å². The van der Waals surface area contributed by atoms with E-state index < -0.39 is 5.97 Å². The highest BCUT2D eigenvalue weighted by atomic mass is 16.4. The zero-order chi connectivity index (χ0) is 21.4. The molecule has 0 saturated carbocycles. The van der Waals surface area contributed by atoms with Crippen molar-refractivity contribution in [3.8, 4) is 0 Å². The van der Waals surface area contributed by atoms with Crippen molar-refractivity contribution in [3.63, 3.8) is 0 Å². The van der Waals surface area contributed by atoms with Crippen molar-refractivity contribution >= 4 is 28.2 Å². The highest BCUT2D eigenvalue weighted by Crippen LogP contribution is 2.37. The van der Waals surface area contributed by atoms with Gasteiger partial charge in [0.2, 0.25) is 0 Å². The molecule has 3 aromatic rings. The Hall–Kier alpha value is -3.12. The smallest absolute Gasteiger partial charge is 0.339 e. The van der Waals surface area contributed by atoms with Crippen LogP contribution in [-0.2, 0) is 13.0 Å². The summed E-state index contributed by atoms with van der Waals surface area (Å²) in [5.41, 5.74) is 5.80. The van der Waals surface area contributed by atoms with Crippen molar-refractivity contribution < 1.29 is 9.90 Å². The Morgan fingerprint density at radius 2 is 1.84 bits per heavy atom. The van der Waals surface area contributed by atoms with Gasteiger partial charge in [-0.1, -0.05) is 30.3 Å². The van der Waals surface area contributed by atoms with E-state index in [-0.39, 0.29) is 0 Å². The molecule has 0 unspecified atom stereocenters. The Labute approximate surface area is 182 Å². The fourth-order valence-corrected chi connectivity index (χ4v) is 4.83. The summed E-state index contributed by atoms with van der Waals surface area (Å²) in [6, 6.07) is 14.9. The molecule has 2 aliphatic rings. The molecule has 1 fully saturated rings. The van der Waals surface area contributed by atoms with Crippen molar-refractivity contribution in [3.05, 3.63) is 65.4 Å². The third kappa shape index (κ3) is 3.83. The second-order valence-corrected chi connectivity index (χ2v) is 8.62. The molecule has 1 saturated heterocycles. The molecule has 31 heavy (non-hydrogen) atoms. The fraction of sp³-hybridized carbons (Fsp3) is 0.360. The molecule has 0 aliphatic carbocycles. The maximum Gasteiger partial charge on any atom is 0.339 e. The quantitative estimate of drug-likeness (QED) is 0.701. The number of aromatic nitrogens is 1. The topological polar surface area (TPSA) is 59.9 Å². The van der Waals surface area contributed by atoms with E-state index in [0.717, 1.165) is 68.7 Å². The first-order valence-corrected chi connectivity index (χ1v) is 11.0. The lowest BCUT2D eigenvalue weighted by molar-refractivity contribution is 0.0697. The van der Waals surface area contributed by atoms with Gasteiger partial charge in [-0.15, -0.1) is 0 Å². The number of anilines is 2. The summed E-state index contributed by atoms with van der Waals surface area (Å²) < 4.78 is 0. The first-order valence-electron chi connectivity index (χ1n) is 11.0. The number of benzene rings is 2. The second-order valence-electron chi connectivity index (χ2n) is 8.62. The number of aromatic carboxylic acids is 1. The van der Waals surface area contributed by atoms with Crippen molar-refractivity contribution in [2.24, 2.45) is 0 Å². The highest BCUT2D eigenvalue weighted by Gasteiger charge is 2.25. The molecular weight excluding hydrogens is 388 g/mol. The van der Waals surface area contributed by atoms with Crippen LogP contribution in [0.3, 0.4) is 0 Å². The van der Waals surface area contributed by atoms with Gasteiger partial charge >= 0.3 is 5.97 Å². The molecule has 2 aromatic carbocycles. The summed E-state index contributed by atoms with van der Waals surface area (Å²) >= 11 is 0. The number of carboxylic acids is 1. The van der Waals surface area contributed by atoms with Gasteiger partial charge in [0, 0.05) is 56.5 Å². The van der Waals surface area contributed by atoms with E-state index in [1.165, 1.54) is 23.0 Å². The minimum atomic E-state index is -0.915. The third-order valence-corrected chi connectivity index (χ3v) is 6.52. The van der Waals surface area contributed by atoms with Gasteiger partial charge in [0.15, 0.2) is 0 Å². The molecule has 6 nitrogen and oxygen atoms in total. The summed E-state index contributed by atoms with van der Waals surface area (Å²) in [4.78, 5) is 23.6. The minimum absolute atomic E-state index is 0.294. The normalized spacial score (nSPS) is 17.1. The van der Waals surface area contributed by atoms with E-state index in [2.05, 4.69) is 63.1 Å². The minimum Gasteiger partial charge on any atom is -0.478 e. The van der Waals surface area contributed by atoms with Crippen LogP contribution in [0, 0.1) is 0 Å².